The predicted octanol–water partition coefficient (Wildman–Crippen LogP) is 7.49. The summed E-state index contributed by atoms with van der Waals surface area (Å²) in [6.45, 7) is 38.8. The summed E-state index contributed by atoms with van der Waals surface area (Å²) in [6.07, 6.45) is 8.35. The second-order valence-electron chi connectivity index (χ2n) is 25.7. The van der Waals surface area contributed by atoms with Crippen molar-refractivity contribution < 1.29 is 75.8 Å². The molecule has 0 unspecified atom stereocenters. The van der Waals surface area contributed by atoms with Crippen molar-refractivity contribution in [3.63, 3.8) is 0 Å². The lowest BCUT2D eigenvalue weighted by Gasteiger charge is -2.45. The Kier molecular flexibility index (Phi) is 22.8. The standard InChI is InChI=1S/C46H82O13.C12H22O3/c1-7-39(13-47-14-39)25-53-31-45(32-54-26-40(8-2)15-48-16-40,33-55-27-41(9-3)17-49-18-41)37-59-38-46(34-56-28-42(10-4)19-50-20-42,35-57-29-43(11-5)21-51-22-43)36-58-30-44(12-6)23-52-24-44;1-3-11(5-13-6-11)9-15-10-12(4-2)7-14-8-12/h7-38H2,1-6H3;3-10H2,1-2H3. The van der Waals surface area contributed by atoms with Crippen molar-refractivity contribution in [2.75, 3.05) is 211 Å². The molecule has 74 heavy (non-hydrogen) atoms. The summed E-state index contributed by atoms with van der Waals surface area (Å²) >= 11 is 0. The van der Waals surface area contributed by atoms with Crippen molar-refractivity contribution in [1.82, 2.24) is 0 Å². The largest absolute Gasteiger partial charge is 0.380 e. The molecule has 0 aromatic heterocycles. The van der Waals surface area contributed by atoms with Gasteiger partial charge in [0.05, 0.1) is 222 Å². The van der Waals surface area contributed by atoms with Gasteiger partial charge in [-0.2, -0.15) is 0 Å². The molecule has 0 spiro atoms. The molecule has 0 N–H and O–H groups in total. The Bertz CT molecular complexity index is 1300. The van der Waals surface area contributed by atoms with Gasteiger partial charge in [-0.15, -0.1) is 0 Å². The van der Waals surface area contributed by atoms with E-state index in [1.807, 2.05) is 0 Å². The molecule has 8 heterocycles. The average Bonchev–Trinajstić information content (AvgIpc) is 3.31. The third kappa shape index (κ3) is 15.4. The SMILES string of the molecule is CCC1(COCC(COCC2(CC)COC2)(COCC2(CC)COC2)COCC(COCC2(CC)COC2)(COCC2(CC)COC2)COCC2(CC)COC2)COC1.CCC1(COCC2(CC)COC2)COC1. The van der Waals surface area contributed by atoms with Crippen molar-refractivity contribution in [2.45, 2.75) is 107 Å². The maximum absolute atomic E-state index is 7.03. The van der Waals surface area contributed by atoms with Crippen LogP contribution in [0.15, 0.2) is 0 Å². The van der Waals surface area contributed by atoms with E-state index >= 15 is 0 Å². The van der Waals surface area contributed by atoms with Gasteiger partial charge in [-0.3, -0.25) is 0 Å². The van der Waals surface area contributed by atoms with E-state index in [9.17, 15) is 0 Å². The van der Waals surface area contributed by atoms with Crippen LogP contribution in [0.4, 0.5) is 0 Å². The van der Waals surface area contributed by atoms with Gasteiger partial charge < -0.3 is 75.8 Å². The van der Waals surface area contributed by atoms with Crippen LogP contribution in [0.5, 0.6) is 0 Å². The van der Waals surface area contributed by atoms with Crippen LogP contribution in [0.1, 0.15) is 107 Å². The summed E-state index contributed by atoms with van der Waals surface area (Å²) in [4.78, 5) is 0. The van der Waals surface area contributed by atoms with Crippen LogP contribution in [0.3, 0.4) is 0 Å². The summed E-state index contributed by atoms with van der Waals surface area (Å²) in [7, 11) is 0. The zero-order chi connectivity index (χ0) is 52.6. The molecule has 16 heteroatoms. The van der Waals surface area contributed by atoms with Gasteiger partial charge in [-0.25, -0.2) is 0 Å². The fraction of sp³-hybridized carbons (Fsp3) is 1.00. The third-order valence-electron chi connectivity index (χ3n) is 19.1. The quantitative estimate of drug-likeness (QED) is 0.0597. The zero-order valence-electron chi connectivity index (χ0n) is 47.8. The van der Waals surface area contributed by atoms with Crippen LogP contribution in [-0.4, -0.2) is 211 Å². The monoisotopic (exact) mass is 1060 g/mol. The molecule has 16 nitrogen and oxygen atoms in total. The topological polar surface area (TPSA) is 148 Å². The van der Waals surface area contributed by atoms with Gasteiger partial charge >= 0.3 is 0 Å². The number of rotatable bonds is 40. The fourth-order valence-corrected chi connectivity index (χ4v) is 10.6. The Morgan fingerprint density at radius 2 is 0.351 bits per heavy atom. The molecule has 8 aliphatic heterocycles. The van der Waals surface area contributed by atoms with Crippen molar-refractivity contribution in [1.29, 1.82) is 0 Å². The maximum atomic E-state index is 7.03. The molecular formula is C58H104O16. The number of ether oxygens (including phenoxy) is 16. The van der Waals surface area contributed by atoms with Crippen molar-refractivity contribution in [2.24, 2.45) is 54.1 Å². The van der Waals surface area contributed by atoms with E-state index in [-0.39, 0.29) is 32.5 Å². The smallest absolute Gasteiger partial charge is 0.0637 e. The third-order valence-corrected chi connectivity index (χ3v) is 19.1. The minimum absolute atomic E-state index is 0.0462. The molecule has 432 valence electrons. The molecule has 8 saturated heterocycles. The van der Waals surface area contributed by atoms with Crippen LogP contribution in [0, 0.1) is 54.1 Å². The highest BCUT2D eigenvalue weighted by Gasteiger charge is 2.47. The summed E-state index contributed by atoms with van der Waals surface area (Å²) in [5.41, 5.74) is -0.237. The van der Waals surface area contributed by atoms with E-state index in [0.717, 1.165) is 170 Å². The molecule has 0 amide bonds. The molecule has 0 aromatic carbocycles. The Morgan fingerprint density at radius 3 is 0.473 bits per heavy atom. The Morgan fingerprint density at radius 1 is 0.216 bits per heavy atom. The van der Waals surface area contributed by atoms with Crippen molar-refractivity contribution >= 4 is 0 Å². The molecule has 8 aliphatic rings. The molecule has 0 saturated carbocycles. The lowest BCUT2D eigenvalue weighted by atomic mass is 9.82. The molecule has 8 rings (SSSR count). The summed E-state index contributed by atoms with van der Waals surface area (Å²) in [6, 6.07) is 0. The molecule has 0 aliphatic carbocycles. The van der Waals surface area contributed by atoms with Crippen LogP contribution < -0.4 is 0 Å². The normalized spacial score (nSPS) is 25.0. The van der Waals surface area contributed by atoms with Crippen LogP contribution in [0.2, 0.25) is 0 Å². The minimum atomic E-state index is -0.576. The van der Waals surface area contributed by atoms with Crippen LogP contribution in [0.25, 0.3) is 0 Å². The van der Waals surface area contributed by atoms with E-state index in [1.165, 1.54) is 0 Å². The molecular weight excluding hydrogens is 953 g/mol. The minimum Gasteiger partial charge on any atom is -0.380 e. The number of hydrogen-bond donors (Lipinski definition) is 0. The molecule has 0 aromatic rings. The van der Waals surface area contributed by atoms with Gasteiger partial charge in [0.25, 0.3) is 0 Å². The summed E-state index contributed by atoms with van der Waals surface area (Å²) in [5, 5.41) is 0. The molecule has 8 fully saturated rings. The lowest BCUT2D eigenvalue weighted by Crippen LogP contribution is -2.52. The van der Waals surface area contributed by atoms with Crippen LogP contribution in [-0.2, 0) is 75.8 Å². The zero-order valence-corrected chi connectivity index (χ0v) is 47.8. The first-order chi connectivity index (χ1) is 35.8. The summed E-state index contributed by atoms with van der Waals surface area (Å²) in [5.74, 6) is 0. The van der Waals surface area contributed by atoms with Crippen molar-refractivity contribution in [3.8, 4) is 0 Å². The van der Waals surface area contributed by atoms with Crippen LogP contribution >= 0.6 is 0 Å². The highest BCUT2D eigenvalue weighted by molar-refractivity contribution is 4.93. The predicted molar refractivity (Wildman–Crippen MR) is 280 cm³/mol. The average molecular weight is 1060 g/mol. The first-order valence-corrected chi connectivity index (χ1v) is 29.0. The van der Waals surface area contributed by atoms with Crippen molar-refractivity contribution in [3.05, 3.63) is 0 Å². The van der Waals surface area contributed by atoms with Gasteiger partial charge in [-0.05, 0) is 51.4 Å². The van der Waals surface area contributed by atoms with E-state index in [0.29, 0.717) is 103 Å². The van der Waals surface area contributed by atoms with Gasteiger partial charge in [-0.1, -0.05) is 55.4 Å². The van der Waals surface area contributed by atoms with Gasteiger partial charge in [0.1, 0.15) is 0 Å². The Hall–Kier alpha value is -0.640. The highest BCUT2D eigenvalue weighted by atomic mass is 16.6. The first kappa shape index (κ1) is 61.0. The maximum Gasteiger partial charge on any atom is 0.0637 e. The Labute approximate surface area is 446 Å². The second kappa shape index (κ2) is 27.7. The highest BCUT2D eigenvalue weighted by Crippen LogP contribution is 2.40. The Balaban J connectivity index is 0.000000454. The van der Waals surface area contributed by atoms with Gasteiger partial charge in [0, 0.05) is 43.3 Å². The first-order valence-electron chi connectivity index (χ1n) is 29.0. The molecule has 0 atom stereocenters. The van der Waals surface area contributed by atoms with Gasteiger partial charge in [0.2, 0.25) is 0 Å². The molecule has 0 bridgehead atoms. The van der Waals surface area contributed by atoms with E-state index in [4.69, 9.17) is 75.8 Å². The number of hydrogen-bond acceptors (Lipinski definition) is 16. The summed E-state index contributed by atoms with van der Waals surface area (Å²) < 4.78 is 97.6. The van der Waals surface area contributed by atoms with E-state index in [1.54, 1.807) is 0 Å². The second-order valence-corrected chi connectivity index (χ2v) is 25.7. The lowest BCUT2D eigenvalue weighted by molar-refractivity contribution is -0.207. The van der Waals surface area contributed by atoms with Gasteiger partial charge in [0.15, 0.2) is 0 Å². The fourth-order valence-electron chi connectivity index (χ4n) is 10.6. The van der Waals surface area contributed by atoms with E-state index < -0.39 is 10.8 Å². The van der Waals surface area contributed by atoms with E-state index in [2.05, 4.69) is 55.4 Å². The molecule has 0 radical (unpaired) electrons.